The quantitative estimate of drug-likeness (QED) is 0.720. The first-order valence-electron chi connectivity index (χ1n) is 7.08. The van der Waals surface area contributed by atoms with Gasteiger partial charge in [-0.2, -0.15) is 0 Å². The summed E-state index contributed by atoms with van der Waals surface area (Å²) in [6.07, 6.45) is 2.16. The second-order valence-corrected chi connectivity index (χ2v) is 5.33. The van der Waals surface area contributed by atoms with Crippen molar-refractivity contribution in [3.8, 4) is 0 Å². The van der Waals surface area contributed by atoms with Crippen molar-refractivity contribution in [3.63, 3.8) is 0 Å². The van der Waals surface area contributed by atoms with Crippen LogP contribution in [-0.2, 0) is 13.0 Å². The molecular formula is C17H19N3. The highest BCUT2D eigenvalue weighted by molar-refractivity contribution is 5.76. The molecule has 3 aromatic rings. The first-order chi connectivity index (χ1) is 9.74. The van der Waals surface area contributed by atoms with Gasteiger partial charge in [0.2, 0.25) is 0 Å². The number of nitrogens with zero attached hydrogens (tertiary/aromatic N) is 3. The number of aromatic nitrogens is 3. The highest BCUT2D eigenvalue weighted by atomic mass is 15.4. The molecule has 3 nitrogen and oxygen atoms in total. The summed E-state index contributed by atoms with van der Waals surface area (Å²) in [5.74, 6) is 0. The Morgan fingerprint density at radius 3 is 2.55 bits per heavy atom. The summed E-state index contributed by atoms with van der Waals surface area (Å²) in [5, 5.41) is 8.53. The van der Waals surface area contributed by atoms with Gasteiger partial charge in [0.05, 0.1) is 5.52 Å². The highest BCUT2D eigenvalue weighted by Gasteiger charge is 2.06. The second-order valence-electron chi connectivity index (χ2n) is 5.33. The van der Waals surface area contributed by atoms with Gasteiger partial charge < -0.3 is 0 Å². The molecule has 0 aliphatic rings. The highest BCUT2D eigenvalue weighted by Crippen LogP contribution is 2.17. The minimum atomic E-state index is 0.911. The van der Waals surface area contributed by atoms with Crippen LogP contribution in [-0.4, -0.2) is 15.0 Å². The molecule has 1 heterocycles. The predicted molar refractivity (Wildman–Crippen MR) is 81.8 cm³/mol. The van der Waals surface area contributed by atoms with E-state index in [1.54, 1.807) is 0 Å². The summed E-state index contributed by atoms with van der Waals surface area (Å²) in [5.41, 5.74) is 6.08. The first-order valence-corrected chi connectivity index (χ1v) is 7.08. The van der Waals surface area contributed by atoms with Gasteiger partial charge >= 0.3 is 0 Å². The molecule has 0 N–H and O–H groups in total. The van der Waals surface area contributed by atoms with Crippen molar-refractivity contribution >= 4 is 11.0 Å². The summed E-state index contributed by atoms with van der Waals surface area (Å²) < 4.78 is 2.02. The SMILES string of the molecule is Cc1cc2nnn(CCCc3ccccc3)c2cc1C. The van der Waals surface area contributed by atoms with Crippen molar-refractivity contribution in [1.29, 1.82) is 0 Å². The predicted octanol–water partition coefficient (Wildman–Crippen LogP) is 3.68. The normalized spacial score (nSPS) is 11.1. The number of hydrogen-bond acceptors (Lipinski definition) is 2. The molecule has 102 valence electrons. The summed E-state index contributed by atoms with van der Waals surface area (Å²) >= 11 is 0. The Bertz CT molecular complexity index is 714. The second kappa shape index (κ2) is 5.45. The van der Waals surface area contributed by atoms with Crippen LogP contribution in [0.5, 0.6) is 0 Å². The molecule has 0 amide bonds. The number of rotatable bonds is 4. The number of hydrogen-bond donors (Lipinski definition) is 0. The third-order valence-corrected chi connectivity index (χ3v) is 3.81. The van der Waals surface area contributed by atoms with Crippen LogP contribution >= 0.6 is 0 Å². The number of fused-ring (bicyclic) bond motifs is 1. The monoisotopic (exact) mass is 265 g/mol. The lowest BCUT2D eigenvalue weighted by Crippen LogP contribution is -2.02. The molecule has 0 aliphatic heterocycles. The summed E-state index contributed by atoms with van der Waals surface area (Å²) in [6, 6.07) is 14.9. The molecule has 0 saturated heterocycles. The summed E-state index contributed by atoms with van der Waals surface area (Å²) in [6.45, 7) is 5.16. The molecule has 0 bridgehead atoms. The lowest BCUT2D eigenvalue weighted by atomic mass is 10.1. The molecule has 0 radical (unpaired) electrons. The minimum absolute atomic E-state index is 0.911. The van der Waals surface area contributed by atoms with Crippen LogP contribution < -0.4 is 0 Å². The maximum Gasteiger partial charge on any atom is 0.113 e. The average molecular weight is 265 g/mol. The fraction of sp³-hybridized carbons (Fsp3) is 0.294. The van der Waals surface area contributed by atoms with Gasteiger partial charge in [-0.3, -0.25) is 0 Å². The van der Waals surface area contributed by atoms with Gasteiger partial charge in [-0.05, 0) is 55.5 Å². The Hall–Kier alpha value is -2.16. The van der Waals surface area contributed by atoms with E-state index in [1.165, 1.54) is 16.7 Å². The standard InChI is InChI=1S/C17H19N3/c1-13-11-16-17(12-14(13)2)20(19-18-16)10-6-9-15-7-4-3-5-8-15/h3-5,7-8,11-12H,6,9-10H2,1-2H3. The van der Waals surface area contributed by atoms with E-state index in [4.69, 9.17) is 0 Å². The molecule has 1 aromatic heterocycles. The zero-order valence-corrected chi connectivity index (χ0v) is 12.0. The molecule has 3 heteroatoms. The van der Waals surface area contributed by atoms with Crippen molar-refractivity contribution in [1.82, 2.24) is 15.0 Å². The molecule has 0 unspecified atom stereocenters. The molecule has 0 saturated carbocycles. The largest absolute Gasteiger partial charge is 0.245 e. The third-order valence-electron chi connectivity index (χ3n) is 3.81. The van der Waals surface area contributed by atoms with E-state index >= 15 is 0 Å². The third kappa shape index (κ3) is 2.57. The van der Waals surface area contributed by atoms with E-state index in [1.807, 2.05) is 4.68 Å². The lowest BCUT2D eigenvalue weighted by Gasteiger charge is -2.04. The lowest BCUT2D eigenvalue weighted by molar-refractivity contribution is 0.574. The van der Waals surface area contributed by atoms with Crippen LogP contribution in [0.1, 0.15) is 23.1 Å². The van der Waals surface area contributed by atoms with Crippen LogP contribution in [0.2, 0.25) is 0 Å². The van der Waals surface area contributed by atoms with Gasteiger partial charge in [-0.25, -0.2) is 4.68 Å². The maximum absolute atomic E-state index is 4.28. The van der Waals surface area contributed by atoms with E-state index in [9.17, 15) is 0 Å². The number of aryl methyl sites for hydroxylation is 4. The first kappa shape index (κ1) is 12.9. The van der Waals surface area contributed by atoms with Gasteiger partial charge in [0, 0.05) is 6.54 Å². The number of benzene rings is 2. The van der Waals surface area contributed by atoms with E-state index in [-0.39, 0.29) is 0 Å². The molecular weight excluding hydrogens is 246 g/mol. The van der Waals surface area contributed by atoms with Crippen LogP contribution in [0.3, 0.4) is 0 Å². The Morgan fingerprint density at radius 2 is 1.75 bits per heavy atom. The molecule has 0 aliphatic carbocycles. The summed E-state index contributed by atoms with van der Waals surface area (Å²) in [4.78, 5) is 0. The minimum Gasteiger partial charge on any atom is -0.245 e. The van der Waals surface area contributed by atoms with Gasteiger partial charge in [-0.1, -0.05) is 35.5 Å². The molecule has 0 spiro atoms. The zero-order chi connectivity index (χ0) is 13.9. The van der Waals surface area contributed by atoms with Crippen molar-refractivity contribution in [2.75, 3.05) is 0 Å². The Balaban J connectivity index is 1.73. The smallest absolute Gasteiger partial charge is 0.113 e. The van der Waals surface area contributed by atoms with Gasteiger partial charge in [0.1, 0.15) is 5.52 Å². The van der Waals surface area contributed by atoms with Crippen molar-refractivity contribution in [2.24, 2.45) is 0 Å². The maximum atomic E-state index is 4.28. The van der Waals surface area contributed by atoms with E-state index in [2.05, 4.69) is 66.6 Å². The molecule has 0 atom stereocenters. The fourth-order valence-corrected chi connectivity index (χ4v) is 2.47. The Labute approximate surface area is 119 Å². The van der Waals surface area contributed by atoms with Crippen LogP contribution in [0.15, 0.2) is 42.5 Å². The van der Waals surface area contributed by atoms with Crippen molar-refractivity contribution < 1.29 is 0 Å². The zero-order valence-electron chi connectivity index (χ0n) is 12.0. The van der Waals surface area contributed by atoms with E-state index in [0.717, 1.165) is 30.4 Å². The Morgan fingerprint density at radius 1 is 1.00 bits per heavy atom. The molecule has 20 heavy (non-hydrogen) atoms. The van der Waals surface area contributed by atoms with Gasteiger partial charge in [0.15, 0.2) is 0 Å². The Kier molecular flexibility index (Phi) is 3.50. The molecule has 0 fully saturated rings. The van der Waals surface area contributed by atoms with Crippen LogP contribution in [0, 0.1) is 13.8 Å². The van der Waals surface area contributed by atoms with Crippen LogP contribution in [0.4, 0.5) is 0 Å². The van der Waals surface area contributed by atoms with Gasteiger partial charge in [0.25, 0.3) is 0 Å². The fourth-order valence-electron chi connectivity index (χ4n) is 2.47. The molecule has 3 rings (SSSR count). The topological polar surface area (TPSA) is 30.7 Å². The molecule has 2 aromatic carbocycles. The van der Waals surface area contributed by atoms with E-state index < -0.39 is 0 Å². The van der Waals surface area contributed by atoms with E-state index in [0.29, 0.717) is 0 Å². The van der Waals surface area contributed by atoms with Crippen LogP contribution in [0.25, 0.3) is 11.0 Å². The van der Waals surface area contributed by atoms with Crippen molar-refractivity contribution in [2.45, 2.75) is 33.2 Å². The van der Waals surface area contributed by atoms with Crippen molar-refractivity contribution in [3.05, 3.63) is 59.2 Å². The summed E-state index contributed by atoms with van der Waals surface area (Å²) in [7, 11) is 0. The average Bonchev–Trinajstić information content (AvgIpc) is 2.83. The van der Waals surface area contributed by atoms with Gasteiger partial charge in [-0.15, -0.1) is 5.10 Å².